The number of hydrogen-bond donors (Lipinski definition) is 0. The molecular weight excluding hydrogens is 569 g/mol. The lowest BCUT2D eigenvalue weighted by atomic mass is 10.2. The van der Waals surface area contributed by atoms with E-state index in [0.29, 0.717) is 28.3 Å². The molecule has 1 heterocycles. The molecule has 38 heavy (non-hydrogen) atoms. The number of esters is 1. The van der Waals surface area contributed by atoms with Gasteiger partial charge in [0.15, 0.2) is 4.80 Å². The van der Waals surface area contributed by atoms with Gasteiger partial charge in [-0.25, -0.2) is 8.42 Å². The summed E-state index contributed by atoms with van der Waals surface area (Å²) in [6.07, 6.45) is 3.32. The van der Waals surface area contributed by atoms with E-state index in [1.54, 1.807) is 19.1 Å². The number of carbonyl (C=O) groups is 2. The number of thiazole rings is 1. The molecule has 0 fully saturated rings. The minimum atomic E-state index is -3.69. The standard InChI is InChI=1S/C26H31Cl2N3O5S2/c1-4-7-15-30(16-8-5-2)38(34,35)19-11-9-18(10-12-19)25(33)29-26-31(17-22(32)36-6-3)24-21(37-26)14-13-20(27)23(24)28/h9-14H,4-8,15-17H2,1-3H3. The van der Waals surface area contributed by atoms with E-state index >= 15 is 0 Å². The molecule has 0 saturated carbocycles. The highest BCUT2D eigenvalue weighted by molar-refractivity contribution is 7.89. The second-order valence-electron chi connectivity index (χ2n) is 8.54. The molecule has 2 aromatic carbocycles. The minimum Gasteiger partial charge on any atom is -0.465 e. The lowest BCUT2D eigenvalue weighted by Crippen LogP contribution is -2.33. The van der Waals surface area contributed by atoms with Crippen LogP contribution in [-0.2, 0) is 26.1 Å². The van der Waals surface area contributed by atoms with Crippen LogP contribution in [0.25, 0.3) is 10.2 Å². The van der Waals surface area contributed by atoms with E-state index in [4.69, 9.17) is 27.9 Å². The number of rotatable bonds is 12. The van der Waals surface area contributed by atoms with Gasteiger partial charge in [-0.05, 0) is 56.2 Å². The number of benzene rings is 2. The van der Waals surface area contributed by atoms with E-state index in [0.717, 1.165) is 25.7 Å². The molecule has 0 aliphatic rings. The van der Waals surface area contributed by atoms with Crippen LogP contribution in [0.15, 0.2) is 46.3 Å². The molecule has 0 bridgehead atoms. The van der Waals surface area contributed by atoms with Crippen LogP contribution >= 0.6 is 34.5 Å². The van der Waals surface area contributed by atoms with E-state index in [1.165, 1.54) is 44.5 Å². The average Bonchev–Trinajstić information content (AvgIpc) is 3.23. The van der Waals surface area contributed by atoms with Gasteiger partial charge < -0.3 is 9.30 Å². The zero-order valence-corrected chi connectivity index (χ0v) is 24.7. The first-order valence-electron chi connectivity index (χ1n) is 12.5. The van der Waals surface area contributed by atoms with Gasteiger partial charge in [0.1, 0.15) is 6.54 Å². The van der Waals surface area contributed by atoms with Gasteiger partial charge in [-0.1, -0.05) is 61.2 Å². The molecule has 0 atom stereocenters. The molecule has 12 heteroatoms. The van der Waals surface area contributed by atoms with Gasteiger partial charge in [-0.15, -0.1) is 0 Å². The van der Waals surface area contributed by atoms with Crippen LogP contribution in [0.2, 0.25) is 10.0 Å². The Hall–Kier alpha value is -2.24. The highest BCUT2D eigenvalue weighted by Crippen LogP contribution is 2.32. The molecule has 0 saturated heterocycles. The van der Waals surface area contributed by atoms with Crippen LogP contribution < -0.4 is 4.80 Å². The van der Waals surface area contributed by atoms with Crippen molar-refractivity contribution in [3.8, 4) is 0 Å². The lowest BCUT2D eigenvalue weighted by molar-refractivity contribution is -0.143. The number of halogens is 2. The Balaban J connectivity index is 1.97. The molecule has 0 radical (unpaired) electrons. The summed E-state index contributed by atoms with van der Waals surface area (Å²) in [5.74, 6) is -1.10. The summed E-state index contributed by atoms with van der Waals surface area (Å²) < 4.78 is 35.2. The van der Waals surface area contributed by atoms with E-state index in [2.05, 4.69) is 4.99 Å². The Morgan fingerprint density at radius 3 is 2.21 bits per heavy atom. The Morgan fingerprint density at radius 2 is 1.63 bits per heavy atom. The third kappa shape index (κ3) is 7.04. The van der Waals surface area contributed by atoms with Crippen LogP contribution in [0.5, 0.6) is 0 Å². The summed E-state index contributed by atoms with van der Waals surface area (Å²) >= 11 is 13.8. The molecule has 0 aliphatic heterocycles. The number of hydrogen-bond acceptors (Lipinski definition) is 6. The lowest BCUT2D eigenvalue weighted by Gasteiger charge is -2.22. The Labute approximate surface area is 236 Å². The normalized spacial score (nSPS) is 12.4. The maximum atomic E-state index is 13.2. The average molecular weight is 601 g/mol. The number of ether oxygens (including phenoxy) is 1. The molecule has 206 valence electrons. The molecule has 0 aliphatic carbocycles. The summed E-state index contributed by atoms with van der Waals surface area (Å²) in [5.41, 5.74) is 0.686. The van der Waals surface area contributed by atoms with Crippen molar-refractivity contribution in [3.05, 3.63) is 56.8 Å². The van der Waals surface area contributed by atoms with Crippen LogP contribution in [0.1, 0.15) is 56.8 Å². The first-order valence-corrected chi connectivity index (χ1v) is 15.5. The number of carbonyl (C=O) groups excluding carboxylic acids is 2. The fraction of sp³-hybridized carbons (Fsp3) is 0.423. The predicted molar refractivity (Wildman–Crippen MR) is 151 cm³/mol. The SMILES string of the molecule is CCCCN(CCCC)S(=O)(=O)c1ccc(C(=O)N=c2sc3ccc(Cl)c(Cl)c3n2CC(=O)OCC)cc1. The zero-order chi connectivity index (χ0) is 27.9. The van der Waals surface area contributed by atoms with Gasteiger partial charge >= 0.3 is 5.97 Å². The summed E-state index contributed by atoms with van der Waals surface area (Å²) in [6, 6.07) is 9.12. The van der Waals surface area contributed by atoms with Crippen LogP contribution in [-0.4, -0.2) is 48.9 Å². The van der Waals surface area contributed by atoms with Gasteiger partial charge in [0.05, 0.1) is 31.8 Å². The monoisotopic (exact) mass is 599 g/mol. The smallest absolute Gasteiger partial charge is 0.326 e. The van der Waals surface area contributed by atoms with E-state index in [-0.39, 0.29) is 33.4 Å². The maximum Gasteiger partial charge on any atom is 0.326 e. The van der Waals surface area contributed by atoms with E-state index < -0.39 is 21.9 Å². The van der Waals surface area contributed by atoms with Crippen LogP contribution in [0.3, 0.4) is 0 Å². The third-order valence-corrected chi connectivity index (χ3v) is 9.54. The second kappa shape index (κ2) is 13.7. The van der Waals surface area contributed by atoms with E-state index in [9.17, 15) is 18.0 Å². The molecule has 3 aromatic rings. The van der Waals surface area contributed by atoms with Crippen LogP contribution in [0.4, 0.5) is 0 Å². The largest absolute Gasteiger partial charge is 0.465 e. The van der Waals surface area contributed by atoms with Crippen molar-refractivity contribution in [2.45, 2.75) is 57.9 Å². The van der Waals surface area contributed by atoms with Crippen molar-refractivity contribution < 1.29 is 22.7 Å². The minimum absolute atomic E-state index is 0.127. The fourth-order valence-electron chi connectivity index (χ4n) is 3.76. The fourth-order valence-corrected chi connectivity index (χ4v) is 6.79. The number of aromatic nitrogens is 1. The first kappa shape index (κ1) is 30.3. The Bertz CT molecular complexity index is 1460. The molecule has 0 N–H and O–H groups in total. The van der Waals surface area contributed by atoms with Crippen molar-refractivity contribution in [3.63, 3.8) is 0 Å². The summed E-state index contributed by atoms with van der Waals surface area (Å²) in [7, 11) is -3.69. The van der Waals surface area contributed by atoms with Crippen LogP contribution in [0, 0.1) is 0 Å². The Kier molecular flexibility index (Phi) is 10.9. The molecular formula is C26H31Cl2N3O5S2. The van der Waals surface area contributed by atoms with E-state index in [1.807, 2.05) is 13.8 Å². The predicted octanol–water partition coefficient (Wildman–Crippen LogP) is 5.90. The zero-order valence-electron chi connectivity index (χ0n) is 21.6. The van der Waals surface area contributed by atoms with Crippen molar-refractivity contribution >= 4 is 66.7 Å². The molecule has 0 spiro atoms. The molecule has 1 aromatic heterocycles. The van der Waals surface area contributed by atoms with Gasteiger partial charge in [-0.2, -0.15) is 9.30 Å². The Morgan fingerprint density at radius 1 is 1.00 bits per heavy atom. The molecule has 3 rings (SSSR count). The summed E-state index contributed by atoms with van der Waals surface area (Å²) in [6.45, 7) is 6.63. The third-order valence-electron chi connectivity index (χ3n) is 5.78. The number of sulfonamides is 1. The highest BCUT2D eigenvalue weighted by atomic mass is 35.5. The van der Waals surface area contributed by atoms with Gasteiger partial charge in [0.25, 0.3) is 5.91 Å². The summed E-state index contributed by atoms with van der Waals surface area (Å²) in [4.78, 5) is 29.9. The number of fused-ring (bicyclic) bond motifs is 1. The highest BCUT2D eigenvalue weighted by Gasteiger charge is 2.24. The quantitative estimate of drug-likeness (QED) is 0.241. The summed E-state index contributed by atoms with van der Waals surface area (Å²) in [5, 5.41) is 0.542. The molecule has 1 amide bonds. The first-order chi connectivity index (χ1) is 18.1. The topological polar surface area (TPSA) is 98.0 Å². The van der Waals surface area contributed by atoms with Crippen molar-refractivity contribution in [1.29, 1.82) is 0 Å². The maximum absolute atomic E-state index is 13.2. The van der Waals surface area contributed by atoms with Gasteiger partial charge in [-0.3, -0.25) is 9.59 Å². The van der Waals surface area contributed by atoms with Gasteiger partial charge in [0, 0.05) is 18.7 Å². The number of unbranched alkanes of at least 4 members (excludes halogenated alkanes) is 2. The second-order valence-corrected chi connectivity index (χ2v) is 12.3. The number of amides is 1. The molecule has 0 unspecified atom stereocenters. The van der Waals surface area contributed by atoms with Gasteiger partial charge in [0.2, 0.25) is 10.0 Å². The van der Waals surface area contributed by atoms with Crippen molar-refractivity contribution in [2.24, 2.45) is 4.99 Å². The van der Waals surface area contributed by atoms with Crippen molar-refractivity contribution in [2.75, 3.05) is 19.7 Å². The number of nitrogens with zero attached hydrogens (tertiary/aromatic N) is 3. The molecule has 8 nitrogen and oxygen atoms in total. The van der Waals surface area contributed by atoms with Crippen molar-refractivity contribution in [1.82, 2.24) is 8.87 Å².